The van der Waals surface area contributed by atoms with Gasteiger partial charge in [-0.3, -0.25) is 4.79 Å². The standard InChI is InChI=1S/C10H20O4/c1-4-8-14-10(3,12)7-6-9(11)13-5-2/h12H,4-8H2,1-3H3. The van der Waals surface area contributed by atoms with E-state index in [2.05, 4.69) is 0 Å². The van der Waals surface area contributed by atoms with Crippen LogP contribution in [0.3, 0.4) is 0 Å². The molecule has 0 aromatic rings. The van der Waals surface area contributed by atoms with Gasteiger partial charge in [-0.1, -0.05) is 6.92 Å². The van der Waals surface area contributed by atoms with Crippen LogP contribution < -0.4 is 0 Å². The fourth-order valence-electron chi connectivity index (χ4n) is 0.961. The van der Waals surface area contributed by atoms with Crippen molar-refractivity contribution in [1.29, 1.82) is 0 Å². The molecule has 0 saturated heterocycles. The monoisotopic (exact) mass is 204 g/mol. The number of carbonyl (C=O) groups is 1. The molecule has 0 bridgehead atoms. The molecule has 0 fully saturated rings. The van der Waals surface area contributed by atoms with Crippen molar-refractivity contribution >= 4 is 5.97 Å². The Bertz CT molecular complexity index is 166. The van der Waals surface area contributed by atoms with Crippen LogP contribution in [-0.2, 0) is 14.3 Å². The second-order valence-corrected chi connectivity index (χ2v) is 3.33. The lowest BCUT2D eigenvalue weighted by Crippen LogP contribution is -2.29. The Morgan fingerprint density at radius 3 is 2.57 bits per heavy atom. The van der Waals surface area contributed by atoms with Gasteiger partial charge in [-0.15, -0.1) is 0 Å². The molecule has 1 unspecified atom stereocenters. The van der Waals surface area contributed by atoms with Crippen molar-refractivity contribution in [2.75, 3.05) is 13.2 Å². The Morgan fingerprint density at radius 1 is 1.43 bits per heavy atom. The molecule has 14 heavy (non-hydrogen) atoms. The predicted molar refractivity (Wildman–Crippen MR) is 52.7 cm³/mol. The zero-order chi connectivity index (χ0) is 11.0. The fraction of sp³-hybridized carbons (Fsp3) is 0.900. The average molecular weight is 204 g/mol. The molecule has 0 aromatic carbocycles. The largest absolute Gasteiger partial charge is 0.466 e. The highest BCUT2D eigenvalue weighted by molar-refractivity contribution is 5.69. The van der Waals surface area contributed by atoms with Crippen molar-refractivity contribution in [3.8, 4) is 0 Å². The minimum absolute atomic E-state index is 0.185. The maximum absolute atomic E-state index is 11.0. The first-order chi connectivity index (χ1) is 6.52. The minimum atomic E-state index is -1.22. The number of aliphatic hydroxyl groups is 1. The van der Waals surface area contributed by atoms with Crippen molar-refractivity contribution in [2.24, 2.45) is 0 Å². The van der Waals surface area contributed by atoms with Crippen molar-refractivity contribution in [2.45, 2.75) is 45.8 Å². The number of hydrogen-bond acceptors (Lipinski definition) is 4. The summed E-state index contributed by atoms with van der Waals surface area (Å²) in [7, 11) is 0. The van der Waals surface area contributed by atoms with Crippen LogP contribution in [0.25, 0.3) is 0 Å². The minimum Gasteiger partial charge on any atom is -0.466 e. The maximum atomic E-state index is 11.0. The van der Waals surface area contributed by atoms with E-state index in [-0.39, 0.29) is 18.8 Å². The normalized spacial score (nSPS) is 14.9. The zero-order valence-corrected chi connectivity index (χ0v) is 9.21. The average Bonchev–Trinajstić information content (AvgIpc) is 2.13. The van der Waals surface area contributed by atoms with Crippen LogP contribution in [-0.4, -0.2) is 30.1 Å². The van der Waals surface area contributed by atoms with Gasteiger partial charge in [-0.2, -0.15) is 0 Å². The van der Waals surface area contributed by atoms with Crippen molar-refractivity contribution < 1.29 is 19.4 Å². The van der Waals surface area contributed by atoms with Gasteiger partial charge in [0.1, 0.15) is 0 Å². The second-order valence-electron chi connectivity index (χ2n) is 3.33. The first-order valence-corrected chi connectivity index (χ1v) is 5.03. The van der Waals surface area contributed by atoms with Gasteiger partial charge >= 0.3 is 5.97 Å². The van der Waals surface area contributed by atoms with Crippen LogP contribution in [0.2, 0.25) is 0 Å². The molecule has 0 rings (SSSR count). The Balaban J connectivity index is 3.68. The van der Waals surface area contributed by atoms with Crippen LogP contribution in [0.4, 0.5) is 0 Å². The smallest absolute Gasteiger partial charge is 0.305 e. The van der Waals surface area contributed by atoms with Crippen LogP contribution in [0.1, 0.15) is 40.0 Å². The van der Waals surface area contributed by atoms with E-state index >= 15 is 0 Å². The molecule has 0 aliphatic heterocycles. The molecule has 0 amide bonds. The van der Waals surface area contributed by atoms with Gasteiger partial charge in [0.2, 0.25) is 0 Å². The Hall–Kier alpha value is -0.610. The molecule has 0 aliphatic rings. The lowest BCUT2D eigenvalue weighted by Gasteiger charge is -2.22. The second kappa shape index (κ2) is 6.79. The van der Waals surface area contributed by atoms with E-state index in [1.54, 1.807) is 13.8 Å². The molecule has 0 radical (unpaired) electrons. The summed E-state index contributed by atoms with van der Waals surface area (Å²) in [5.41, 5.74) is 0. The molecule has 0 heterocycles. The van der Waals surface area contributed by atoms with Gasteiger partial charge in [-0.05, 0) is 20.3 Å². The van der Waals surface area contributed by atoms with Gasteiger partial charge in [0.25, 0.3) is 0 Å². The van der Waals surface area contributed by atoms with Gasteiger partial charge in [0, 0.05) is 13.0 Å². The zero-order valence-electron chi connectivity index (χ0n) is 9.21. The van der Waals surface area contributed by atoms with Crippen molar-refractivity contribution in [3.63, 3.8) is 0 Å². The quantitative estimate of drug-likeness (QED) is 0.504. The molecule has 1 N–H and O–H groups in total. The van der Waals surface area contributed by atoms with E-state index in [0.29, 0.717) is 13.2 Å². The molecule has 0 saturated carbocycles. The summed E-state index contributed by atoms with van der Waals surface area (Å²) in [6.45, 7) is 6.14. The summed E-state index contributed by atoms with van der Waals surface area (Å²) >= 11 is 0. The summed E-state index contributed by atoms with van der Waals surface area (Å²) in [4.78, 5) is 11.0. The molecule has 4 heteroatoms. The Kier molecular flexibility index (Phi) is 6.49. The van der Waals surface area contributed by atoms with Gasteiger partial charge in [0.05, 0.1) is 13.0 Å². The van der Waals surface area contributed by atoms with E-state index in [9.17, 15) is 9.90 Å². The molecule has 0 aliphatic carbocycles. The van der Waals surface area contributed by atoms with Gasteiger partial charge in [-0.25, -0.2) is 0 Å². The van der Waals surface area contributed by atoms with E-state index < -0.39 is 5.79 Å². The molecular formula is C10H20O4. The molecule has 0 spiro atoms. The first kappa shape index (κ1) is 13.4. The number of hydrogen-bond donors (Lipinski definition) is 1. The Morgan fingerprint density at radius 2 is 2.07 bits per heavy atom. The van der Waals surface area contributed by atoms with Crippen LogP contribution >= 0.6 is 0 Å². The lowest BCUT2D eigenvalue weighted by molar-refractivity contribution is -0.197. The highest BCUT2D eigenvalue weighted by atomic mass is 16.6. The molecule has 1 atom stereocenters. The molecule has 0 aromatic heterocycles. The van der Waals surface area contributed by atoms with E-state index in [1.165, 1.54) is 0 Å². The van der Waals surface area contributed by atoms with Crippen LogP contribution in [0, 0.1) is 0 Å². The Labute approximate surface area is 85.2 Å². The fourth-order valence-corrected chi connectivity index (χ4v) is 0.961. The molecular weight excluding hydrogens is 184 g/mol. The van der Waals surface area contributed by atoms with Crippen molar-refractivity contribution in [3.05, 3.63) is 0 Å². The number of rotatable bonds is 7. The topological polar surface area (TPSA) is 55.8 Å². The molecule has 4 nitrogen and oxygen atoms in total. The van der Waals surface area contributed by atoms with Gasteiger partial charge in [0.15, 0.2) is 5.79 Å². The van der Waals surface area contributed by atoms with Crippen molar-refractivity contribution in [1.82, 2.24) is 0 Å². The first-order valence-electron chi connectivity index (χ1n) is 5.03. The van der Waals surface area contributed by atoms with Gasteiger partial charge < -0.3 is 14.6 Å². The third-order valence-corrected chi connectivity index (χ3v) is 1.72. The SMILES string of the molecule is CCCOC(C)(O)CCC(=O)OCC. The summed E-state index contributed by atoms with van der Waals surface area (Å²) in [6, 6.07) is 0. The lowest BCUT2D eigenvalue weighted by atomic mass is 10.1. The summed E-state index contributed by atoms with van der Waals surface area (Å²) in [6.07, 6.45) is 1.30. The summed E-state index contributed by atoms with van der Waals surface area (Å²) in [5, 5.41) is 9.63. The number of esters is 1. The highest BCUT2D eigenvalue weighted by Gasteiger charge is 2.21. The number of carbonyl (C=O) groups excluding carboxylic acids is 1. The molecule has 84 valence electrons. The predicted octanol–water partition coefficient (Wildman–Crippen LogP) is 1.46. The number of ether oxygens (including phenoxy) is 2. The van der Waals surface area contributed by atoms with E-state index in [4.69, 9.17) is 9.47 Å². The van der Waals surface area contributed by atoms with E-state index in [1.807, 2.05) is 6.92 Å². The maximum Gasteiger partial charge on any atom is 0.305 e. The summed E-state index contributed by atoms with van der Waals surface area (Å²) < 4.78 is 9.89. The third-order valence-electron chi connectivity index (χ3n) is 1.72. The van der Waals surface area contributed by atoms with Crippen LogP contribution in [0.15, 0.2) is 0 Å². The third kappa shape index (κ3) is 6.86. The van der Waals surface area contributed by atoms with E-state index in [0.717, 1.165) is 6.42 Å². The highest BCUT2D eigenvalue weighted by Crippen LogP contribution is 2.14. The van der Waals surface area contributed by atoms with Crippen LogP contribution in [0.5, 0.6) is 0 Å². The summed E-state index contributed by atoms with van der Waals surface area (Å²) in [5.74, 6) is -1.52.